The van der Waals surface area contributed by atoms with Crippen LogP contribution < -0.4 is 10.1 Å². The van der Waals surface area contributed by atoms with Crippen LogP contribution >= 0.6 is 0 Å². The van der Waals surface area contributed by atoms with Crippen molar-refractivity contribution in [2.45, 2.75) is 25.9 Å². The largest absolute Gasteiger partial charge is 0.494 e. The lowest BCUT2D eigenvalue weighted by atomic mass is 10.0. The molecule has 2 aromatic carbocycles. The molecule has 1 unspecified atom stereocenters. The first-order chi connectivity index (χ1) is 12.4. The quantitative estimate of drug-likeness (QED) is 0.828. The second-order valence-electron chi connectivity index (χ2n) is 6.09. The minimum atomic E-state index is -0.466. The van der Waals surface area contributed by atoms with Gasteiger partial charge in [0.25, 0.3) is 0 Å². The highest BCUT2D eigenvalue weighted by Gasteiger charge is 2.20. The molecular formula is C20H23FN2O3. The van der Waals surface area contributed by atoms with Gasteiger partial charge in [-0.2, -0.15) is 0 Å². The molecule has 0 aliphatic carbocycles. The predicted octanol–water partition coefficient (Wildman–Crippen LogP) is 3.06. The molecular weight excluding hydrogens is 335 g/mol. The third-order valence-corrected chi connectivity index (χ3v) is 4.02. The molecule has 0 saturated carbocycles. The fourth-order valence-corrected chi connectivity index (χ4v) is 2.68. The maximum Gasteiger partial charge on any atom is 0.225 e. The van der Waals surface area contributed by atoms with Crippen molar-refractivity contribution >= 4 is 11.8 Å². The van der Waals surface area contributed by atoms with Gasteiger partial charge in [-0.25, -0.2) is 4.39 Å². The number of halogens is 1. The van der Waals surface area contributed by atoms with Crippen molar-refractivity contribution in [2.24, 2.45) is 0 Å². The highest BCUT2D eigenvalue weighted by atomic mass is 19.1. The van der Waals surface area contributed by atoms with E-state index >= 15 is 0 Å². The number of carbonyl (C=O) groups is 2. The fourth-order valence-electron chi connectivity index (χ4n) is 2.68. The molecule has 1 atom stereocenters. The van der Waals surface area contributed by atoms with Crippen LogP contribution in [0.2, 0.25) is 0 Å². The number of nitrogens with one attached hydrogen (secondary N) is 1. The van der Waals surface area contributed by atoms with Gasteiger partial charge in [0.15, 0.2) is 11.6 Å². The third-order valence-electron chi connectivity index (χ3n) is 4.02. The van der Waals surface area contributed by atoms with Crippen molar-refractivity contribution < 1.29 is 18.7 Å². The molecule has 0 spiro atoms. The van der Waals surface area contributed by atoms with Crippen molar-refractivity contribution in [1.29, 1.82) is 0 Å². The summed E-state index contributed by atoms with van der Waals surface area (Å²) in [6.45, 7) is 1.69. The van der Waals surface area contributed by atoms with E-state index in [4.69, 9.17) is 4.74 Å². The lowest BCUT2D eigenvalue weighted by Crippen LogP contribution is -2.33. The summed E-state index contributed by atoms with van der Waals surface area (Å²) in [5, 5.41) is 2.81. The van der Waals surface area contributed by atoms with Crippen LogP contribution in [0.1, 0.15) is 30.5 Å². The number of hydrogen-bond donors (Lipinski definition) is 1. The molecule has 0 aromatic heterocycles. The van der Waals surface area contributed by atoms with Gasteiger partial charge < -0.3 is 15.0 Å². The maximum absolute atomic E-state index is 13.8. The first-order valence-corrected chi connectivity index (χ1v) is 8.29. The summed E-state index contributed by atoms with van der Waals surface area (Å²) in [5.74, 6) is -0.654. The van der Waals surface area contributed by atoms with Gasteiger partial charge in [0.05, 0.1) is 19.6 Å². The Kier molecular flexibility index (Phi) is 6.72. The van der Waals surface area contributed by atoms with E-state index in [-0.39, 0.29) is 30.5 Å². The van der Waals surface area contributed by atoms with Crippen LogP contribution in [0, 0.1) is 5.82 Å². The molecule has 2 rings (SSSR count). The van der Waals surface area contributed by atoms with Crippen molar-refractivity contribution in [1.82, 2.24) is 10.2 Å². The number of methoxy groups -OCH3 is 1. The number of benzene rings is 2. The van der Waals surface area contributed by atoms with E-state index in [0.717, 1.165) is 5.56 Å². The molecule has 0 radical (unpaired) electrons. The highest BCUT2D eigenvalue weighted by molar-refractivity contribution is 5.79. The molecule has 6 heteroatoms. The second kappa shape index (κ2) is 8.99. The summed E-state index contributed by atoms with van der Waals surface area (Å²) < 4.78 is 18.7. The van der Waals surface area contributed by atoms with Gasteiger partial charge in [0, 0.05) is 20.5 Å². The zero-order valence-corrected chi connectivity index (χ0v) is 15.2. The molecule has 1 N–H and O–H groups in total. The van der Waals surface area contributed by atoms with Gasteiger partial charge >= 0.3 is 0 Å². The van der Waals surface area contributed by atoms with E-state index in [1.165, 1.54) is 31.1 Å². The summed E-state index contributed by atoms with van der Waals surface area (Å²) in [7, 11) is 3.06. The lowest BCUT2D eigenvalue weighted by molar-refractivity contribution is -0.131. The maximum atomic E-state index is 13.8. The molecule has 138 valence electrons. The van der Waals surface area contributed by atoms with E-state index < -0.39 is 11.9 Å². The highest BCUT2D eigenvalue weighted by Crippen LogP contribution is 2.20. The Bertz CT molecular complexity index is 765. The second-order valence-corrected chi connectivity index (χ2v) is 6.09. The van der Waals surface area contributed by atoms with E-state index in [9.17, 15) is 14.0 Å². The van der Waals surface area contributed by atoms with E-state index in [2.05, 4.69) is 5.32 Å². The fraction of sp³-hybridized carbons (Fsp3) is 0.300. The minimum absolute atomic E-state index is 0.124. The van der Waals surface area contributed by atoms with Crippen molar-refractivity contribution in [3.05, 3.63) is 65.5 Å². The number of ether oxygens (including phenoxy) is 1. The molecule has 0 aliphatic rings. The van der Waals surface area contributed by atoms with Crippen LogP contribution in [-0.4, -0.2) is 30.9 Å². The normalized spacial score (nSPS) is 11.5. The zero-order valence-electron chi connectivity index (χ0n) is 15.2. The Morgan fingerprint density at radius 2 is 1.88 bits per heavy atom. The molecule has 0 saturated heterocycles. The molecule has 0 fully saturated rings. The van der Waals surface area contributed by atoms with Gasteiger partial charge in [-0.3, -0.25) is 9.59 Å². The number of carbonyl (C=O) groups excluding carboxylic acids is 2. The minimum Gasteiger partial charge on any atom is -0.494 e. The van der Waals surface area contributed by atoms with Crippen molar-refractivity contribution in [3.8, 4) is 5.75 Å². The number of hydrogen-bond acceptors (Lipinski definition) is 3. The van der Waals surface area contributed by atoms with E-state index in [0.29, 0.717) is 5.56 Å². The van der Waals surface area contributed by atoms with Gasteiger partial charge in [0.2, 0.25) is 11.8 Å². The molecule has 2 aromatic rings. The van der Waals surface area contributed by atoms with Crippen LogP contribution in [0.15, 0.2) is 48.5 Å². The van der Waals surface area contributed by atoms with Crippen LogP contribution in [-0.2, 0) is 16.1 Å². The third kappa shape index (κ3) is 5.31. The summed E-state index contributed by atoms with van der Waals surface area (Å²) >= 11 is 0. The standard InChI is InChI=1S/C20H23FN2O3/c1-14(24)22-18(16-7-5-4-6-8-16)12-20(25)23(2)13-15-9-10-19(26-3)17(21)11-15/h4-11,18H,12-13H2,1-3H3,(H,22,24). The Balaban J connectivity index is 2.06. The van der Waals surface area contributed by atoms with Gasteiger partial charge in [-0.15, -0.1) is 0 Å². The summed E-state index contributed by atoms with van der Waals surface area (Å²) in [6, 6.07) is 13.5. The molecule has 5 nitrogen and oxygen atoms in total. The lowest BCUT2D eigenvalue weighted by Gasteiger charge is -2.23. The summed E-state index contributed by atoms with van der Waals surface area (Å²) in [4.78, 5) is 25.6. The Hall–Kier alpha value is -2.89. The van der Waals surface area contributed by atoms with Crippen molar-refractivity contribution in [3.63, 3.8) is 0 Å². The van der Waals surface area contributed by atoms with Crippen molar-refractivity contribution in [2.75, 3.05) is 14.2 Å². The number of rotatable bonds is 7. The smallest absolute Gasteiger partial charge is 0.225 e. The first-order valence-electron chi connectivity index (χ1n) is 8.29. The zero-order chi connectivity index (χ0) is 19.1. The SMILES string of the molecule is COc1ccc(CN(C)C(=O)CC(NC(C)=O)c2ccccc2)cc1F. The van der Waals surface area contributed by atoms with Crippen LogP contribution in [0.3, 0.4) is 0 Å². The molecule has 0 bridgehead atoms. The van der Waals surface area contributed by atoms with Gasteiger partial charge in [0.1, 0.15) is 0 Å². The topological polar surface area (TPSA) is 58.6 Å². The summed E-state index contributed by atoms with van der Waals surface area (Å²) in [5.41, 5.74) is 1.52. The predicted molar refractivity (Wildman–Crippen MR) is 97.0 cm³/mol. The van der Waals surface area contributed by atoms with Gasteiger partial charge in [-0.1, -0.05) is 36.4 Å². The molecule has 0 aliphatic heterocycles. The Morgan fingerprint density at radius 3 is 2.46 bits per heavy atom. The Labute approximate surface area is 152 Å². The van der Waals surface area contributed by atoms with E-state index in [1.807, 2.05) is 30.3 Å². The van der Waals surface area contributed by atoms with E-state index in [1.54, 1.807) is 13.1 Å². The molecule has 2 amide bonds. The van der Waals surface area contributed by atoms with Crippen LogP contribution in [0.4, 0.5) is 4.39 Å². The van der Waals surface area contributed by atoms with Gasteiger partial charge in [-0.05, 0) is 23.3 Å². The molecule has 0 heterocycles. The monoisotopic (exact) mass is 358 g/mol. The average Bonchev–Trinajstić information content (AvgIpc) is 2.61. The number of amides is 2. The molecule has 26 heavy (non-hydrogen) atoms. The number of nitrogens with zero attached hydrogens (tertiary/aromatic N) is 1. The average molecular weight is 358 g/mol. The summed E-state index contributed by atoms with van der Waals surface area (Å²) in [6.07, 6.45) is 0.124. The Morgan fingerprint density at radius 1 is 1.19 bits per heavy atom. The van der Waals surface area contributed by atoms with Crippen LogP contribution in [0.25, 0.3) is 0 Å². The first kappa shape index (κ1) is 19.4. The van der Waals surface area contributed by atoms with Crippen LogP contribution in [0.5, 0.6) is 5.75 Å².